The van der Waals surface area contributed by atoms with Gasteiger partial charge in [0.2, 0.25) is 0 Å². The maximum Gasteiger partial charge on any atom is 0.312 e. The van der Waals surface area contributed by atoms with E-state index in [1.54, 1.807) is 0 Å². The largest absolute Gasteiger partial charge is 0.352 e. The van der Waals surface area contributed by atoms with Crippen LogP contribution in [-0.2, 0) is 0 Å². The summed E-state index contributed by atoms with van der Waals surface area (Å²) in [6, 6.07) is 13.5. The number of nitrogens with one attached hydrogen (secondary N) is 1. The zero-order valence-corrected chi connectivity index (χ0v) is 9.10. The van der Waals surface area contributed by atoms with Crippen LogP contribution in [0.1, 0.15) is 18.5 Å². The van der Waals surface area contributed by atoms with E-state index in [4.69, 9.17) is 5.73 Å². The van der Waals surface area contributed by atoms with Crippen molar-refractivity contribution in [2.45, 2.75) is 13.0 Å². The summed E-state index contributed by atoms with van der Waals surface area (Å²) in [6.07, 6.45) is 0. The molecule has 0 unspecified atom stereocenters. The maximum atomic E-state index is 10.8. The van der Waals surface area contributed by atoms with E-state index >= 15 is 0 Å². The molecule has 82 valence electrons. The molecule has 0 aliphatic carbocycles. The molecule has 2 aromatic carbocycles. The normalized spacial score (nSPS) is 12.3. The van der Waals surface area contributed by atoms with Gasteiger partial charge >= 0.3 is 6.03 Å². The fourth-order valence-corrected chi connectivity index (χ4v) is 1.92. The zero-order valence-electron chi connectivity index (χ0n) is 9.10. The number of benzene rings is 2. The van der Waals surface area contributed by atoms with Crippen molar-refractivity contribution in [3.8, 4) is 0 Å². The molecule has 16 heavy (non-hydrogen) atoms. The van der Waals surface area contributed by atoms with Crippen molar-refractivity contribution in [3.63, 3.8) is 0 Å². The van der Waals surface area contributed by atoms with Gasteiger partial charge < -0.3 is 11.1 Å². The average molecular weight is 214 g/mol. The standard InChI is InChI=1S/C13H14N2O/c1-9(15-13(14)16)11-8-4-6-10-5-2-3-7-12(10)11/h2-9H,1H3,(H3,14,15,16)/t9-/m0/s1. The molecule has 0 saturated carbocycles. The number of hydrogen-bond acceptors (Lipinski definition) is 1. The van der Waals surface area contributed by atoms with E-state index in [0.717, 1.165) is 16.3 Å². The smallest absolute Gasteiger partial charge is 0.312 e. The van der Waals surface area contributed by atoms with Gasteiger partial charge in [-0.2, -0.15) is 0 Å². The van der Waals surface area contributed by atoms with Crippen molar-refractivity contribution in [1.29, 1.82) is 0 Å². The number of urea groups is 1. The predicted octanol–water partition coefficient (Wildman–Crippen LogP) is 2.57. The molecule has 2 amide bonds. The summed E-state index contributed by atoms with van der Waals surface area (Å²) in [7, 11) is 0. The van der Waals surface area contributed by atoms with Gasteiger partial charge in [-0.25, -0.2) is 4.79 Å². The van der Waals surface area contributed by atoms with Crippen LogP contribution in [0.5, 0.6) is 0 Å². The van der Waals surface area contributed by atoms with E-state index in [-0.39, 0.29) is 6.04 Å². The zero-order chi connectivity index (χ0) is 11.5. The molecule has 3 nitrogen and oxygen atoms in total. The number of nitrogens with two attached hydrogens (primary N) is 1. The first-order valence-corrected chi connectivity index (χ1v) is 5.22. The minimum absolute atomic E-state index is 0.0800. The molecule has 2 aromatic rings. The second-order valence-electron chi connectivity index (χ2n) is 3.80. The Kier molecular flexibility index (Phi) is 2.77. The Balaban J connectivity index is 2.47. The second kappa shape index (κ2) is 4.23. The molecule has 0 spiro atoms. The Morgan fingerprint density at radius 2 is 1.88 bits per heavy atom. The fraction of sp³-hybridized carbons (Fsp3) is 0.154. The summed E-state index contributed by atoms with van der Waals surface area (Å²) in [5.74, 6) is 0. The Hall–Kier alpha value is -2.03. The number of hydrogen-bond donors (Lipinski definition) is 2. The van der Waals surface area contributed by atoms with Crippen LogP contribution in [0.4, 0.5) is 4.79 Å². The van der Waals surface area contributed by atoms with Crippen molar-refractivity contribution < 1.29 is 4.79 Å². The molecular formula is C13H14N2O. The van der Waals surface area contributed by atoms with Crippen LogP contribution in [0, 0.1) is 0 Å². The van der Waals surface area contributed by atoms with E-state index < -0.39 is 6.03 Å². The lowest BCUT2D eigenvalue weighted by Crippen LogP contribution is -2.31. The van der Waals surface area contributed by atoms with Gasteiger partial charge in [0.15, 0.2) is 0 Å². The van der Waals surface area contributed by atoms with Crippen molar-refractivity contribution in [2.24, 2.45) is 5.73 Å². The lowest BCUT2D eigenvalue weighted by molar-refractivity contribution is 0.246. The van der Waals surface area contributed by atoms with Crippen LogP contribution >= 0.6 is 0 Å². The molecule has 0 heterocycles. The van der Waals surface area contributed by atoms with Gasteiger partial charge in [-0.05, 0) is 23.3 Å². The molecular weight excluding hydrogens is 200 g/mol. The van der Waals surface area contributed by atoms with Crippen molar-refractivity contribution in [3.05, 3.63) is 48.0 Å². The van der Waals surface area contributed by atoms with Crippen LogP contribution in [0.15, 0.2) is 42.5 Å². The molecule has 0 saturated heterocycles. The fourth-order valence-electron chi connectivity index (χ4n) is 1.92. The van der Waals surface area contributed by atoms with Crippen LogP contribution in [0.2, 0.25) is 0 Å². The minimum atomic E-state index is -0.500. The van der Waals surface area contributed by atoms with Gasteiger partial charge in [0.1, 0.15) is 0 Å². The number of carbonyl (C=O) groups excluding carboxylic acids is 1. The average Bonchev–Trinajstić information content (AvgIpc) is 2.27. The first-order chi connectivity index (χ1) is 7.68. The number of carbonyl (C=O) groups is 1. The quantitative estimate of drug-likeness (QED) is 0.793. The number of fused-ring (bicyclic) bond motifs is 1. The highest BCUT2D eigenvalue weighted by Crippen LogP contribution is 2.23. The van der Waals surface area contributed by atoms with E-state index in [0.29, 0.717) is 0 Å². The molecule has 2 rings (SSSR count). The summed E-state index contributed by atoms with van der Waals surface area (Å²) in [5.41, 5.74) is 6.21. The highest BCUT2D eigenvalue weighted by Gasteiger charge is 2.09. The number of rotatable bonds is 2. The lowest BCUT2D eigenvalue weighted by Gasteiger charge is -2.14. The molecule has 0 aliphatic heterocycles. The predicted molar refractivity (Wildman–Crippen MR) is 65.1 cm³/mol. The van der Waals surface area contributed by atoms with E-state index in [2.05, 4.69) is 17.4 Å². The van der Waals surface area contributed by atoms with Crippen molar-refractivity contribution in [2.75, 3.05) is 0 Å². The van der Waals surface area contributed by atoms with Crippen LogP contribution in [0.3, 0.4) is 0 Å². The molecule has 0 radical (unpaired) electrons. The van der Waals surface area contributed by atoms with Gasteiger partial charge in [-0.15, -0.1) is 0 Å². The SMILES string of the molecule is C[C@H](NC(N)=O)c1cccc2ccccc12. The third kappa shape index (κ3) is 1.98. The Labute approximate surface area is 94.3 Å². The van der Waals surface area contributed by atoms with Gasteiger partial charge in [-0.1, -0.05) is 42.5 Å². The Morgan fingerprint density at radius 1 is 1.19 bits per heavy atom. The summed E-state index contributed by atoms with van der Waals surface area (Å²) in [6.45, 7) is 1.92. The molecule has 0 bridgehead atoms. The molecule has 0 aliphatic rings. The maximum absolute atomic E-state index is 10.8. The van der Waals surface area contributed by atoms with Crippen molar-refractivity contribution in [1.82, 2.24) is 5.32 Å². The Morgan fingerprint density at radius 3 is 2.62 bits per heavy atom. The van der Waals surface area contributed by atoms with Crippen LogP contribution in [0.25, 0.3) is 10.8 Å². The van der Waals surface area contributed by atoms with Gasteiger partial charge in [0, 0.05) is 0 Å². The summed E-state index contributed by atoms with van der Waals surface area (Å²) >= 11 is 0. The highest BCUT2D eigenvalue weighted by atomic mass is 16.2. The second-order valence-corrected chi connectivity index (χ2v) is 3.80. The number of amides is 2. The molecule has 0 aromatic heterocycles. The number of primary amides is 1. The van der Waals surface area contributed by atoms with E-state index in [9.17, 15) is 4.79 Å². The monoisotopic (exact) mass is 214 g/mol. The van der Waals surface area contributed by atoms with Crippen LogP contribution in [-0.4, -0.2) is 6.03 Å². The summed E-state index contributed by atoms with van der Waals surface area (Å²) < 4.78 is 0. The lowest BCUT2D eigenvalue weighted by atomic mass is 10.00. The first kappa shape index (κ1) is 10.5. The molecule has 1 atom stereocenters. The summed E-state index contributed by atoms with van der Waals surface area (Å²) in [5, 5.41) is 5.00. The highest BCUT2D eigenvalue weighted by molar-refractivity contribution is 5.86. The van der Waals surface area contributed by atoms with Gasteiger partial charge in [0.25, 0.3) is 0 Å². The first-order valence-electron chi connectivity index (χ1n) is 5.22. The molecule has 0 fully saturated rings. The third-order valence-corrected chi connectivity index (χ3v) is 2.65. The Bertz CT molecular complexity index is 517. The van der Waals surface area contributed by atoms with Crippen molar-refractivity contribution >= 4 is 16.8 Å². The van der Waals surface area contributed by atoms with Gasteiger partial charge in [-0.3, -0.25) is 0 Å². The summed E-state index contributed by atoms with van der Waals surface area (Å²) in [4.78, 5) is 10.8. The topological polar surface area (TPSA) is 55.1 Å². The molecule has 3 N–H and O–H groups in total. The molecule has 3 heteroatoms. The van der Waals surface area contributed by atoms with Crippen LogP contribution < -0.4 is 11.1 Å². The third-order valence-electron chi connectivity index (χ3n) is 2.65. The minimum Gasteiger partial charge on any atom is -0.352 e. The van der Waals surface area contributed by atoms with E-state index in [1.807, 2.05) is 37.3 Å². The van der Waals surface area contributed by atoms with E-state index in [1.165, 1.54) is 0 Å². The van der Waals surface area contributed by atoms with Gasteiger partial charge in [0.05, 0.1) is 6.04 Å².